The average molecular weight is 328 g/mol. The number of esters is 1. The molecule has 7 heteroatoms. The summed E-state index contributed by atoms with van der Waals surface area (Å²) < 4.78 is 6.63. The monoisotopic (exact) mass is 327 g/mol. The number of halogens is 2. The van der Waals surface area contributed by atoms with Gasteiger partial charge >= 0.3 is 5.97 Å². The van der Waals surface area contributed by atoms with Crippen molar-refractivity contribution in [3.05, 3.63) is 39.8 Å². The maximum absolute atomic E-state index is 11.9. The molecule has 0 radical (unpaired) electrons. The fourth-order valence-electron chi connectivity index (χ4n) is 1.98. The first-order chi connectivity index (χ1) is 9.99. The van der Waals surface area contributed by atoms with Crippen LogP contribution < -0.4 is 5.73 Å². The predicted octanol–water partition coefficient (Wildman–Crippen LogP) is 3.50. The van der Waals surface area contributed by atoms with E-state index in [4.69, 9.17) is 33.7 Å². The highest BCUT2D eigenvalue weighted by Crippen LogP contribution is 2.28. The second kappa shape index (κ2) is 6.37. The Labute approximate surface area is 132 Å². The van der Waals surface area contributed by atoms with Crippen molar-refractivity contribution in [2.75, 3.05) is 12.3 Å². The number of carbonyl (C=O) groups excluding carboxylic acids is 1. The summed E-state index contributed by atoms with van der Waals surface area (Å²) in [7, 11) is 0. The number of aromatic nitrogens is 2. The molecular formula is C14H15Cl2N3O2. The Bertz CT molecular complexity index is 683. The molecular weight excluding hydrogens is 313 g/mol. The Kier molecular flexibility index (Phi) is 4.75. The third kappa shape index (κ3) is 2.99. The van der Waals surface area contributed by atoms with Gasteiger partial charge in [0.2, 0.25) is 0 Å². The van der Waals surface area contributed by atoms with Gasteiger partial charge in [0.15, 0.2) is 5.69 Å². The molecule has 0 unspecified atom stereocenters. The van der Waals surface area contributed by atoms with E-state index in [-0.39, 0.29) is 18.1 Å². The van der Waals surface area contributed by atoms with E-state index in [1.807, 2.05) is 6.92 Å². The van der Waals surface area contributed by atoms with Crippen LogP contribution in [0.15, 0.2) is 18.2 Å². The molecule has 0 fully saturated rings. The number of anilines is 1. The number of rotatable bonds is 4. The largest absolute Gasteiger partial charge is 0.461 e. The van der Waals surface area contributed by atoms with Crippen LogP contribution in [0.25, 0.3) is 5.69 Å². The fourth-order valence-corrected chi connectivity index (χ4v) is 2.27. The van der Waals surface area contributed by atoms with E-state index < -0.39 is 5.97 Å². The zero-order chi connectivity index (χ0) is 15.6. The maximum Gasteiger partial charge on any atom is 0.360 e. The van der Waals surface area contributed by atoms with Crippen LogP contribution in [0.3, 0.4) is 0 Å². The van der Waals surface area contributed by atoms with Gasteiger partial charge in [0, 0.05) is 6.42 Å². The normalized spacial score (nSPS) is 10.7. The fraction of sp³-hybridized carbons (Fsp3) is 0.286. The lowest BCUT2D eigenvalue weighted by atomic mass is 10.3. The summed E-state index contributed by atoms with van der Waals surface area (Å²) in [6, 6.07) is 5.11. The van der Waals surface area contributed by atoms with Crippen molar-refractivity contribution in [1.82, 2.24) is 9.55 Å². The molecule has 1 heterocycles. The van der Waals surface area contributed by atoms with E-state index >= 15 is 0 Å². The molecule has 0 bridgehead atoms. The topological polar surface area (TPSA) is 70.1 Å². The van der Waals surface area contributed by atoms with Crippen LogP contribution in [0, 0.1) is 0 Å². The quantitative estimate of drug-likeness (QED) is 0.872. The van der Waals surface area contributed by atoms with E-state index in [2.05, 4.69) is 4.98 Å². The average Bonchev–Trinajstić information content (AvgIpc) is 2.79. The van der Waals surface area contributed by atoms with E-state index in [0.717, 1.165) is 0 Å². The highest BCUT2D eigenvalue weighted by Gasteiger charge is 2.21. The number of nitrogen functional groups attached to an aromatic ring is 1. The third-order valence-electron chi connectivity index (χ3n) is 2.93. The van der Waals surface area contributed by atoms with Gasteiger partial charge in [-0.2, -0.15) is 0 Å². The Morgan fingerprint density at radius 3 is 2.62 bits per heavy atom. The Balaban J connectivity index is 2.57. The Hall–Kier alpha value is -1.72. The van der Waals surface area contributed by atoms with E-state index in [1.54, 1.807) is 29.7 Å². The van der Waals surface area contributed by atoms with Crippen molar-refractivity contribution < 1.29 is 9.53 Å². The molecule has 5 nitrogen and oxygen atoms in total. The van der Waals surface area contributed by atoms with Crippen molar-refractivity contribution in [1.29, 1.82) is 0 Å². The lowest BCUT2D eigenvalue weighted by molar-refractivity contribution is 0.0521. The first-order valence-corrected chi connectivity index (χ1v) is 7.24. The van der Waals surface area contributed by atoms with Crippen LogP contribution in [0.2, 0.25) is 10.0 Å². The minimum Gasteiger partial charge on any atom is -0.461 e. The SMILES string of the molecule is CCOC(=O)c1nc(CC)n(-c2ccc(Cl)c(Cl)c2)c1N. The molecule has 0 saturated heterocycles. The van der Waals surface area contributed by atoms with Gasteiger partial charge < -0.3 is 10.5 Å². The van der Waals surface area contributed by atoms with Gasteiger partial charge in [-0.3, -0.25) is 4.57 Å². The first-order valence-electron chi connectivity index (χ1n) is 6.49. The van der Waals surface area contributed by atoms with Crippen LogP contribution >= 0.6 is 23.2 Å². The third-order valence-corrected chi connectivity index (χ3v) is 3.67. The number of imidazole rings is 1. The van der Waals surface area contributed by atoms with Crippen LogP contribution in [0.1, 0.15) is 30.2 Å². The highest BCUT2D eigenvalue weighted by atomic mass is 35.5. The summed E-state index contributed by atoms with van der Waals surface area (Å²) in [5.74, 6) is 0.334. The smallest absolute Gasteiger partial charge is 0.360 e. The molecule has 0 atom stereocenters. The van der Waals surface area contributed by atoms with Crippen molar-refractivity contribution in [2.45, 2.75) is 20.3 Å². The van der Waals surface area contributed by atoms with Crippen molar-refractivity contribution >= 4 is 35.0 Å². The minimum atomic E-state index is -0.538. The summed E-state index contributed by atoms with van der Waals surface area (Å²) in [5, 5.41) is 0.852. The zero-order valence-corrected chi connectivity index (χ0v) is 13.2. The van der Waals surface area contributed by atoms with E-state index in [9.17, 15) is 4.79 Å². The van der Waals surface area contributed by atoms with Crippen LogP contribution in [-0.4, -0.2) is 22.1 Å². The van der Waals surface area contributed by atoms with Crippen LogP contribution in [0.4, 0.5) is 5.82 Å². The van der Waals surface area contributed by atoms with Gasteiger partial charge in [-0.15, -0.1) is 0 Å². The molecule has 0 spiro atoms. The van der Waals surface area contributed by atoms with Gasteiger partial charge in [0.1, 0.15) is 11.6 Å². The molecule has 2 aromatic rings. The summed E-state index contributed by atoms with van der Waals surface area (Å²) in [6.07, 6.45) is 0.601. The lowest BCUT2D eigenvalue weighted by Gasteiger charge is -2.10. The Morgan fingerprint density at radius 1 is 1.33 bits per heavy atom. The number of hydrogen-bond acceptors (Lipinski definition) is 4. The summed E-state index contributed by atoms with van der Waals surface area (Å²) in [4.78, 5) is 16.1. The number of nitrogens with zero attached hydrogens (tertiary/aromatic N) is 2. The number of hydrogen-bond donors (Lipinski definition) is 1. The van der Waals surface area contributed by atoms with Crippen molar-refractivity contribution in [3.8, 4) is 5.69 Å². The first kappa shape index (κ1) is 15.7. The number of nitrogens with two attached hydrogens (primary N) is 1. The van der Waals surface area contributed by atoms with Crippen LogP contribution in [0.5, 0.6) is 0 Å². The summed E-state index contributed by atoms with van der Waals surface area (Å²) in [5.41, 5.74) is 6.86. The molecule has 0 amide bonds. The maximum atomic E-state index is 11.9. The number of carbonyl (C=O) groups is 1. The summed E-state index contributed by atoms with van der Waals surface area (Å²) in [6.45, 7) is 3.91. The second-order valence-corrected chi connectivity index (χ2v) is 5.08. The molecule has 112 valence electrons. The number of benzene rings is 1. The molecule has 1 aromatic carbocycles. The molecule has 0 aliphatic carbocycles. The zero-order valence-electron chi connectivity index (χ0n) is 11.7. The summed E-state index contributed by atoms with van der Waals surface area (Å²) >= 11 is 11.9. The van der Waals surface area contributed by atoms with E-state index in [0.29, 0.717) is 28.0 Å². The molecule has 0 aliphatic rings. The van der Waals surface area contributed by atoms with Gasteiger partial charge in [0.25, 0.3) is 0 Å². The van der Waals surface area contributed by atoms with Crippen molar-refractivity contribution in [3.63, 3.8) is 0 Å². The standard InChI is InChI=1S/C14H15Cl2N3O2/c1-3-11-18-12(14(20)21-4-2)13(17)19(11)8-5-6-9(15)10(16)7-8/h5-7H,3-4,17H2,1-2H3. The number of ether oxygens (including phenoxy) is 1. The van der Waals surface area contributed by atoms with Crippen LogP contribution in [-0.2, 0) is 11.2 Å². The van der Waals surface area contributed by atoms with E-state index in [1.165, 1.54) is 0 Å². The molecule has 21 heavy (non-hydrogen) atoms. The second-order valence-electron chi connectivity index (χ2n) is 4.27. The molecule has 0 aliphatic heterocycles. The lowest BCUT2D eigenvalue weighted by Crippen LogP contribution is -2.09. The van der Waals surface area contributed by atoms with Gasteiger partial charge in [-0.25, -0.2) is 9.78 Å². The number of aryl methyl sites for hydroxylation is 1. The molecule has 2 rings (SSSR count). The van der Waals surface area contributed by atoms with Gasteiger partial charge in [-0.1, -0.05) is 30.1 Å². The highest BCUT2D eigenvalue weighted by molar-refractivity contribution is 6.42. The van der Waals surface area contributed by atoms with Gasteiger partial charge in [0.05, 0.1) is 22.3 Å². The predicted molar refractivity (Wildman–Crippen MR) is 83.3 cm³/mol. The van der Waals surface area contributed by atoms with Crippen molar-refractivity contribution in [2.24, 2.45) is 0 Å². The molecule has 2 N–H and O–H groups in total. The Morgan fingerprint density at radius 2 is 2.05 bits per heavy atom. The minimum absolute atomic E-state index is 0.111. The molecule has 1 aromatic heterocycles. The van der Waals surface area contributed by atoms with Gasteiger partial charge in [-0.05, 0) is 25.1 Å². The molecule has 0 saturated carbocycles.